The monoisotopic (exact) mass is 368 g/mol. The van der Waals surface area contributed by atoms with E-state index >= 15 is 0 Å². The molecule has 0 spiro atoms. The van der Waals surface area contributed by atoms with Crippen LogP contribution in [0.1, 0.15) is 48.5 Å². The van der Waals surface area contributed by atoms with Crippen LogP contribution in [0.2, 0.25) is 0 Å². The number of halogens is 1. The summed E-state index contributed by atoms with van der Waals surface area (Å²) in [7, 11) is 1.42. The molecule has 1 aromatic carbocycles. The molecule has 122 valence electrons. The average Bonchev–Trinajstić information content (AvgIpc) is 2.52. The maximum Gasteiger partial charge on any atom is 0.338 e. The number of nitrogens with two attached hydrogens (primary N) is 1. The standard InChI is InChI=1S/C17H25BrN2O2/c1-4-20(14-7-5-13(19)6-8-14)16-10-12(18)9-15(11(16)2)17(21)22-3/h9-10,13-14H,4-8,19H2,1-3H3. The first-order valence-electron chi connectivity index (χ1n) is 7.88. The van der Waals surface area contributed by atoms with Crippen molar-refractivity contribution in [3.8, 4) is 0 Å². The number of carbonyl (C=O) groups excluding carboxylic acids is 1. The molecule has 2 N–H and O–H groups in total. The van der Waals surface area contributed by atoms with Crippen molar-refractivity contribution in [3.63, 3.8) is 0 Å². The lowest BCUT2D eigenvalue weighted by Gasteiger charge is -2.38. The molecule has 2 rings (SSSR count). The third kappa shape index (κ3) is 3.63. The molecule has 1 aliphatic rings. The first-order valence-corrected chi connectivity index (χ1v) is 8.67. The largest absolute Gasteiger partial charge is 0.465 e. The molecule has 0 saturated heterocycles. The van der Waals surface area contributed by atoms with E-state index in [-0.39, 0.29) is 5.97 Å². The van der Waals surface area contributed by atoms with Crippen LogP contribution >= 0.6 is 15.9 Å². The van der Waals surface area contributed by atoms with Gasteiger partial charge < -0.3 is 15.4 Å². The molecule has 1 saturated carbocycles. The Morgan fingerprint density at radius 2 is 2.00 bits per heavy atom. The van der Waals surface area contributed by atoms with E-state index in [1.807, 2.05) is 13.0 Å². The molecular formula is C17H25BrN2O2. The number of carbonyl (C=O) groups is 1. The summed E-state index contributed by atoms with van der Waals surface area (Å²) in [5.74, 6) is -0.290. The summed E-state index contributed by atoms with van der Waals surface area (Å²) < 4.78 is 5.81. The summed E-state index contributed by atoms with van der Waals surface area (Å²) in [5.41, 5.74) is 8.74. The van der Waals surface area contributed by atoms with Crippen molar-refractivity contribution in [2.24, 2.45) is 5.73 Å². The quantitative estimate of drug-likeness (QED) is 0.824. The van der Waals surface area contributed by atoms with E-state index in [2.05, 4.69) is 33.8 Å². The van der Waals surface area contributed by atoms with Crippen LogP contribution in [0.4, 0.5) is 5.69 Å². The van der Waals surface area contributed by atoms with Gasteiger partial charge in [-0.15, -0.1) is 0 Å². The van der Waals surface area contributed by atoms with Gasteiger partial charge in [-0.25, -0.2) is 4.79 Å². The summed E-state index contributed by atoms with van der Waals surface area (Å²) in [6.45, 7) is 5.07. The van der Waals surface area contributed by atoms with Crippen molar-refractivity contribution in [2.75, 3.05) is 18.6 Å². The first kappa shape index (κ1) is 17.3. The third-order valence-electron chi connectivity index (χ3n) is 4.58. The summed E-state index contributed by atoms with van der Waals surface area (Å²) in [6, 6.07) is 4.75. The number of rotatable bonds is 4. The van der Waals surface area contributed by atoms with E-state index in [0.717, 1.165) is 48.0 Å². The molecular weight excluding hydrogens is 344 g/mol. The lowest BCUT2D eigenvalue weighted by atomic mass is 9.90. The summed E-state index contributed by atoms with van der Waals surface area (Å²) in [6.07, 6.45) is 4.35. The number of methoxy groups -OCH3 is 1. The molecule has 0 aromatic heterocycles. The summed E-state index contributed by atoms with van der Waals surface area (Å²) in [4.78, 5) is 14.4. The highest BCUT2D eigenvalue weighted by Gasteiger charge is 2.26. The second-order valence-corrected chi connectivity index (χ2v) is 6.86. The molecule has 5 heteroatoms. The first-order chi connectivity index (χ1) is 10.5. The summed E-state index contributed by atoms with van der Waals surface area (Å²) >= 11 is 3.52. The van der Waals surface area contributed by atoms with Crippen LogP contribution in [0.25, 0.3) is 0 Å². The molecule has 0 aliphatic heterocycles. The van der Waals surface area contributed by atoms with Gasteiger partial charge in [0.05, 0.1) is 12.7 Å². The highest BCUT2D eigenvalue weighted by molar-refractivity contribution is 9.10. The number of esters is 1. The van der Waals surface area contributed by atoms with Crippen molar-refractivity contribution < 1.29 is 9.53 Å². The SMILES string of the molecule is CCN(c1cc(Br)cc(C(=O)OC)c1C)C1CCC(N)CC1. The van der Waals surface area contributed by atoms with Gasteiger partial charge in [0, 0.05) is 28.8 Å². The van der Waals surface area contributed by atoms with E-state index in [1.54, 1.807) is 0 Å². The molecule has 4 nitrogen and oxygen atoms in total. The topological polar surface area (TPSA) is 55.6 Å². The molecule has 0 amide bonds. The normalized spacial score (nSPS) is 21.5. The van der Waals surface area contributed by atoms with Crippen LogP contribution in [0.3, 0.4) is 0 Å². The van der Waals surface area contributed by atoms with Crippen LogP contribution < -0.4 is 10.6 Å². The Balaban J connectivity index is 2.36. The second-order valence-electron chi connectivity index (χ2n) is 5.94. The van der Waals surface area contributed by atoms with Gasteiger partial charge in [0.1, 0.15) is 0 Å². The lowest BCUT2D eigenvalue weighted by Crippen LogP contribution is -2.41. The van der Waals surface area contributed by atoms with Crippen LogP contribution in [0, 0.1) is 6.92 Å². The Hall–Kier alpha value is -1.07. The van der Waals surface area contributed by atoms with Crippen molar-refractivity contribution in [2.45, 2.75) is 51.6 Å². The number of ether oxygens (including phenoxy) is 1. The number of benzene rings is 1. The van der Waals surface area contributed by atoms with E-state index in [4.69, 9.17) is 10.5 Å². The fraction of sp³-hybridized carbons (Fsp3) is 0.588. The van der Waals surface area contributed by atoms with Crippen molar-refractivity contribution in [3.05, 3.63) is 27.7 Å². The maximum atomic E-state index is 12.0. The van der Waals surface area contributed by atoms with E-state index in [1.165, 1.54) is 7.11 Å². The minimum absolute atomic E-state index is 0.290. The lowest BCUT2D eigenvalue weighted by molar-refractivity contribution is 0.0600. The van der Waals surface area contributed by atoms with E-state index in [9.17, 15) is 4.79 Å². The van der Waals surface area contributed by atoms with Crippen LogP contribution in [-0.2, 0) is 4.74 Å². The smallest absolute Gasteiger partial charge is 0.338 e. The fourth-order valence-electron chi connectivity index (χ4n) is 3.32. The van der Waals surface area contributed by atoms with E-state index < -0.39 is 0 Å². The van der Waals surface area contributed by atoms with Crippen molar-refractivity contribution in [1.29, 1.82) is 0 Å². The summed E-state index contributed by atoms with van der Waals surface area (Å²) in [5, 5.41) is 0. The van der Waals surface area contributed by atoms with Crippen molar-refractivity contribution >= 4 is 27.6 Å². The zero-order chi connectivity index (χ0) is 16.3. The minimum atomic E-state index is -0.290. The molecule has 0 heterocycles. The van der Waals surface area contributed by atoms with Gasteiger partial charge in [0.15, 0.2) is 0 Å². The molecule has 1 fully saturated rings. The highest BCUT2D eigenvalue weighted by atomic mass is 79.9. The maximum absolute atomic E-state index is 12.0. The highest BCUT2D eigenvalue weighted by Crippen LogP contribution is 2.33. The van der Waals surface area contributed by atoms with Crippen LogP contribution in [-0.4, -0.2) is 31.7 Å². The van der Waals surface area contributed by atoms with Crippen molar-refractivity contribution in [1.82, 2.24) is 0 Å². The zero-order valence-corrected chi connectivity index (χ0v) is 15.1. The number of anilines is 1. The third-order valence-corrected chi connectivity index (χ3v) is 5.04. The molecule has 0 unspecified atom stereocenters. The van der Waals surface area contributed by atoms with Gasteiger partial charge in [-0.2, -0.15) is 0 Å². The van der Waals surface area contributed by atoms with Gasteiger partial charge >= 0.3 is 5.97 Å². The molecule has 0 atom stereocenters. The average molecular weight is 369 g/mol. The molecule has 1 aromatic rings. The number of nitrogens with zero attached hydrogens (tertiary/aromatic N) is 1. The minimum Gasteiger partial charge on any atom is -0.465 e. The number of hydrogen-bond donors (Lipinski definition) is 1. The second kappa shape index (κ2) is 7.47. The van der Waals surface area contributed by atoms with Gasteiger partial charge in [0.25, 0.3) is 0 Å². The Bertz CT molecular complexity index is 540. The van der Waals surface area contributed by atoms with Gasteiger partial charge in [-0.05, 0) is 57.2 Å². The Morgan fingerprint density at radius 3 is 2.55 bits per heavy atom. The molecule has 0 radical (unpaired) electrons. The van der Waals surface area contributed by atoms with Gasteiger partial charge in [-0.1, -0.05) is 15.9 Å². The molecule has 0 bridgehead atoms. The fourth-order valence-corrected chi connectivity index (χ4v) is 3.77. The van der Waals surface area contributed by atoms with Gasteiger partial charge in [-0.3, -0.25) is 0 Å². The Labute approximate surface area is 141 Å². The predicted octanol–water partition coefficient (Wildman–Crippen LogP) is 3.64. The molecule has 22 heavy (non-hydrogen) atoms. The van der Waals surface area contributed by atoms with Crippen LogP contribution in [0.5, 0.6) is 0 Å². The Morgan fingerprint density at radius 1 is 1.36 bits per heavy atom. The van der Waals surface area contributed by atoms with E-state index in [0.29, 0.717) is 17.6 Å². The number of hydrogen-bond acceptors (Lipinski definition) is 4. The van der Waals surface area contributed by atoms with Crippen LogP contribution in [0.15, 0.2) is 16.6 Å². The zero-order valence-electron chi connectivity index (χ0n) is 13.6. The van der Waals surface area contributed by atoms with Gasteiger partial charge in [0.2, 0.25) is 0 Å². The predicted molar refractivity (Wildman–Crippen MR) is 93.5 cm³/mol. The molecule has 1 aliphatic carbocycles. The Kier molecular flexibility index (Phi) is 5.87.